The molecule has 0 N–H and O–H groups in total. The third-order valence-electron chi connectivity index (χ3n) is 2.54. The van der Waals surface area contributed by atoms with Gasteiger partial charge in [-0.25, -0.2) is 0 Å². The molecule has 0 radical (unpaired) electrons. The summed E-state index contributed by atoms with van der Waals surface area (Å²) in [5, 5.41) is 0. The summed E-state index contributed by atoms with van der Waals surface area (Å²) in [7, 11) is 2.17. The van der Waals surface area contributed by atoms with Crippen LogP contribution in [0.1, 0.15) is 26.2 Å². The van der Waals surface area contributed by atoms with E-state index in [1.165, 1.54) is 12.8 Å². The zero-order chi connectivity index (χ0) is 9.68. The van der Waals surface area contributed by atoms with Gasteiger partial charge in [-0.2, -0.15) is 0 Å². The second kappa shape index (κ2) is 5.75. The molecule has 0 saturated carbocycles. The maximum Gasteiger partial charge on any atom is 0.320 e. The molecule has 0 aliphatic carbocycles. The fourth-order valence-corrected chi connectivity index (χ4v) is 2.84. The molecular weight excluding hydrogens is 184 g/mol. The lowest BCUT2D eigenvalue weighted by molar-refractivity contribution is 0.275. The maximum atomic E-state index is 5.45. The Bertz CT molecular complexity index is 139. The standard InChI is InChI=1S/C9H20O3Si/c1-4-8-9(12-8)6-5-7-13(10-2)11-3/h8-9,13H,4-7H2,1-3H3. The minimum absolute atomic E-state index is 0.536. The summed E-state index contributed by atoms with van der Waals surface area (Å²) >= 11 is 0. The van der Waals surface area contributed by atoms with Crippen molar-refractivity contribution in [1.82, 2.24) is 0 Å². The van der Waals surface area contributed by atoms with Crippen molar-refractivity contribution in [3.05, 3.63) is 0 Å². The molecule has 0 aromatic heterocycles. The molecule has 1 aliphatic rings. The Morgan fingerprint density at radius 3 is 2.38 bits per heavy atom. The van der Waals surface area contributed by atoms with E-state index in [9.17, 15) is 0 Å². The molecule has 13 heavy (non-hydrogen) atoms. The molecule has 3 nitrogen and oxygen atoms in total. The van der Waals surface area contributed by atoms with Crippen molar-refractivity contribution in [2.45, 2.75) is 44.4 Å². The van der Waals surface area contributed by atoms with Gasteiger partial charge in [0.05, 0.1) is 12.2 Å². The highest BCUT2D eigenvalue weighted by molar-refractivity contribution is 6.44. The van der Waals surface area contributed by atoms with Crippen LogP contribution in [0.5, 0.6) is 0 Å². The predicted octanol–water partition coefficient (Wildman–Crippen LogP) is 1.46. The van der Waals surface area contributed by atoms with E-state index >= 15 is 0 Å². The predicted molar refractivity (Wildman–Crippen MR) is 54.2 cm³/mol. The highest BCUT2D eigenvalue weighted by Gasteiger charge is 2.36. The molecule has 0 spiro atoms. The molecule has 4 heteroatoms. The molecule has 2 unspecified atom stereocenters. The van der Waals surface area contributed by atoms with Crippen molar-refractivity contribution in [2.24, 2.45) is 0 Å². The zero-order valence-electron chi connectivity index (χ0n) is 8.79. The van der Waals surface area contributed by atoms with E-state index in [0.29, 0.717) is 12.2 Å². The molecule has 78 valence electrons. The van der Waals surface area contributed by atoms with E-state index in [1.807, 2.05) is 0 Å². The minimum atomic E-state index is -1.31. The van der Waals surface area contributed by atoms with E-state index in [-0.39, 0.29) is 0 Å². The van der Waals surface area contributed by atoms with Crippen molar-refractivity contribution >= 4 is 9.28 Å². The molecule has 1 rings (SSSR count). The zero-order valence-corrected chi connectivity index (χ0v) is 9.94. The smallest absolute Gasteiger partial charge is 0.320 e. The van der Waals surface area contributed by atoms with Crippen molar-refractivity contribution in [2.75, 3.05) is 14.2 Å². The number of ether oxygens (including phenoxy) is 1. The summed E-state index contributed by atoms with van der Waals surface area (Å²) in [6.07, 6.45) is 4.59. The Labute approximate surface area is 82.2 Å². The second-order valence-electron chi connectivity index (χ2n) is 3.45. The van der Waals surface area contributed by atoms with Crippen LogP contribution in [0, 0.1) is 0 Å². The first-order valence-electron chi connectivity index (χ1n) is 5.02. The summed E-state index contributed by atoms with van der Waals surface area (Å²) in [6, 6.07) is 1.10. The van der Waals surface area contributed by atoms with Crippen LogP contribution in [0.25, 0.3) is 0 Å². The van der Waals surface area contributed by atoms with Crippen LogP contribution in [-0.2, 0) is 13.6 Å². The summed E-state index contributed by atoms with van der Waals surface area (Å²) in [6.45, 7) is 2.17. The average Bonchev–Trinajstić information content (AvgIpc) is 2.91. The third kappa shape index (κ3) is 3.77. The molecule has 1 aliphatic heterocycles. The first-order valence-corrected chi connectivity index (χ1v) is 6.78. The quantitative estimate of drug-likeness (QED) is 0.465. The molecule has 0 amide bonds. The van der Waals surface area contributed by atoms with Crippen LogP contribution < -0.4 is 0 Å². The van der Waals surface area contributed by atoms with Crippen LogP contribution in [0.3, 0.4) is 0 Å². The van der Waals surface area contributed by atoms with E-state index in [0.717, 1.165) is 12.5 Å². The largest absolute Gasteiger partial charge is 0.400 e. The van der Waals surface area contributed by atoms with E-state index < -0.39 is 9.28 Å². The van der Waals surface area contributed by atoms with Gasteiger partial charge in [0.25, 0.3) is 0 Å². The topological polar surface area (TPSA) is 31.0 Å². The van der Waals surface area contributed by atoms with Crippen molar-refractivity contribution in [3.8, 4) is 0 Å². The van der Waals surface area contributed by atoms with Crippen LogP contribution >= 0.6 is 0 Å². The lowest BCUT2D eigenvalue weighted by Crippen LogP contribution is -2.18. The Kier molecular flexibility index (Phi) is 4.94. The normalized spacial score (nSPS) is 26.8. The summed E-state index contributed by atoms with van der Waals surface area (Å²) in [4.78, 5) is 0. The van der Waals surface area contributed by atoms with E-state index in [2.05, 4.69) is 6.92 Å². The van der Waals surface area contributed by atoms with Crippen LogP contribution in [-0.4, -0.2) is 35.7 Å². The van der Waals surface area contributed by atoms with Gasteiger partial charge in [0, 0.05) is 14.2 Å². The van der Waals surface area contributed by atoms with E-state index in [1.54, 1.807) is 14.2 Å². The number of epoxide rings is 1. The second-order valence-corrected chi connectivity index (χ2v) is 5.83. The van der Waals surface area contributed by atoms with Crippen LogP contribution in [0.15, 0.2) is 0 Å². The lowest BCUT2D eigenvalue weighted by Gasteiger charge is -2.09. The average molecular weight is 204 g/mol. The Balaban J connectivity index is 1.95. The lowest BCUT2D eigenvalue weighted by atomic mass is 10.2. The molecule has 0 bridgehead atoms. The highest BCUT2D eigenvalue weighted by atomic mass is 28.3. The van der Waals surface area contributed by atoms with Crippen molar-refractivity contribution in [3.63, 3.8) is 0 Å². The van der Waals surface area contributed by atoms with Gasteiger partial charge in [-0.15, -0.1) is 0 Å². The monoisotopic (exact) mass is 204 g/mol. The fraction of sp³-hybridized carbons (Fsp3) is 1.00. The molecular formula is C9H20O3Si. The Hall–Kier alpha value is 0.0969. The van der Waals surface area contributed by atoms with Gasteiger partial charge >= 0.3 is 9.28 Å². The molecule has 1 heterocycles. The molecule has 0 aromatic carbocycles. The molecule has 2 atom stereocenters. The van der Waals surface area contributed by atoms with Crippen LogP contribution in [0.2, 0.25) is 6.04 Å². The van der Waals surface area contributed by atoms with E-state index in [4.69, 9.17) is 13.6 Å². The molecule has 1 saturated heterocycles. The first kappa shape index (κ1) is 11.2. The Morgan fingerprint density at radius 2 is 1.92 bits per heavy atom. The van der Waals surface area contributed by atoms with Crippen molar-refractivity contribution < 1.29 is 13.6 Å². The molecule has 0 aromatic rings. The van der Waals surface area contributed by atoms with Gasteiger partial charge in [0.15, 0.2) is 0 Å². The first-order chi connectivity index (χ1) is 6.31. The van der Waals surface area contributed by atoms with Gasteiger partial charge in [0.2, 0.25) is 0 Å². The minimum Gasteiger partial charge on any atom is -0.400 e. The number of hydrogen-bond acceptors (Lipinski definition) is 3. The number of rotatable bonds is 7. The van der Waals surface area contributed by atoms with Gasteiger partial charge in [-0.05, 0) is 25.3 Å². The SMILES string of the molecule is CCC1OC1CCC[SiH](OC)OC. The number of hydrogen-bond donors (Lipinski definition) is 0. The van der Waals surface area contributed by atoms with Gasteiger partial charge in [-0.1, -0.05) is 6.92 Å². The summed E-state index contributed by atoms with van der Waals surface area (Å²) in [5.74, 6) is 0. The van der Waals surface area contributed by atoms with Gasteiger partial charge < -0.3 is 13.6 Å². The van der Waals surface area contributed by atoms with Gasteiger partial charge in [0.1, 0.15) is 0 Å². The summed E-state index contributed by atoms with van der Waals surface area (Å²) in [5.41, 5.74) is 0. The maximum absolute atomic E-state index is 5.45. The Morgan fingerprint density at radius 1 is 1.23 bits per heavy atom. The molecule has 1 fully saturated rings. The van der Waals surface area contributed by atoms with Crippen molar-refractivity contribution in [1.29, 1.82) is 0 Å². The fourth-order valence-electron chi connectivity index (χ4n) is 1.61. The summed E-state index contributed by atoms with van der Waals surface area (Å²) < 4.78 is 15.9. The highest BCUT2D eigenvalue weighted by Crippen LogP contribution is 2.29. The third-order valence-corrected chi connectivity index (χ3v) is 4.48. The van der Waals surface area contributed by atoms with Crippen LogP contribution in [0.4, 0.5) is 0 Å². The van der Waals surface area contributed by atoms with Gasteiger partial charge in [-0.3, -0.25) is 0 Å².